The van der Waals surface area contributed by atoms with E-state index in [1.54, 1.807) is 6.92 Å². The summed E-state index contributed by atoms with van der Waals surface area (Å²) in [4.78, 5) is 0. The van der Waals surface area contributed by atoms with Crippen LogP contribution in [0.4, 0.5) is 8.78 Å². The fourth-order valence-electron chi connectivity index (χ4n) is 1.28. The van der Waals surface area contributed by atoms with Crippen molar-refractivity contribution in [2.75, 3.05) is 11.9 Å². The zero-order valence-corrected chi connectivity index (χ0v) is 10.9. The van der Waals surface area contributed by atoms with E-state index in [4.69, 9.17) is 4.74 Å². The van der Waals surface area contributed by atoms with Crippen LogP contribution >= 0.6 is 15.9 Å². The molecule has 0 aliphatic carbocycles. The smallest absolute Gasteiger partial charge is 0.268 e. The number of hydrogen-bond acceptors (Lipinski definition) is 1. The molecule has 0 saturated carbocycles. The molecule has 90 valence electrons. The highest BCUT2D eigenvalue weighted by atomic mass is 79.9. The molecule has 0 aromatic heterocycles. The lowest BCUT2D eigenvalue weighted by Crippen LogP contribution is -2.33. The molecule has 1 atom stereocenters. The molecule has 0 saturated heterocycles. The van der Waals surface area contributed by atoms with Crippen molar-refractivity contribution < 1.29 is 13.5 Å². The van der Waals surface area contributed by atoms with Gasteiger partial charge >= 0.3 is 0 Å². The Morgan fingerprint density at radius 1 is 1.19 bits per heavy atom. The van der Waals surface area contributed by atoms with E-state index < -0.39 is 18.1 Å². The molecule has 0 amide bonds. The number of alkyl halides is 3. The van der Waals surface area contributed by atoms with Crippen molar-refractivity contribution in [1.82, 2.24) is 0 Å². The zero-order chi connectivity index (χ0) is 12.2. The van der Waals surface area contributed by atoms with Gasteiger partial charge in [-0.2, -0.15) is 0 Å². The second kappa shape index (κ2) is 5.23. The molecule has 16 heavy (non-hydrogen) atoms. The summed E-state index contributed by atoms with van der Waals surface area (Å²) in [6.07, 6.45) is 0. The Labute approximate surface area is 103 Å². The molecule has 0 heterocycles. The highest BCUT2D eigenvalue weighted by Crippen LogP contribution is 2.29. The van der Waals surface area contributed by atoms with Gasteiger partial charge < -0.3 is 4.74 Å². The van der Waals surface area contributed by atoms with Gasteiger partial charge in [-0.15, -0.1) is 0 Å². The summed E-state index contributed by atoms with van der Waals surface area (Å²) in [5.41, 5.74) is 0.164. The van der Waals surface area contributed by atoms with Crippen molar-refractivity contribution >= 4 is 15.9 Å². The van der Waals surface area contributed by atoms with Crippen LogP contribution in [0.25, 0.3) is 0 Å². The first kappa shape index (κ1) is 13.6. The predicted molar refractivity (Wildman–Crippen MR) is 64.2 cm³/mol. The van der Waals surface area contributed by atoms with Crippen molar-refractivity contribution in [2.45, 2.75) is 25.4 Å². The summed E-state index contributed by atoms with van der Waals surface area (Å²) >= 11 is 3.31. The first-order valence-corrected chi connectivity index (χ1v) is 6.13. The largest absolute Gasteiger partial charge is 0.363 e. The third kappa shape index (κ3) is 3.83. The van der Waals surface area contributed by atoms with Crippen LogP contribution in [-0.4, -0.2) is 17.9 Å². The third-order valence-corrected chi connectivity index (χ3v) is 3.35. The van der Waals surface area contributed by atoms with Crippen molar-refractivity contribution in [3.05, 3.63) is 35.9 Å². The number of ether oxygens (including phenoxy) is 1. The number of hydrogen-bond donors (Lipinski definition) is 0. The van der Waals surface area contributed by atoms with Gasteiger partial charge in [0.05, 0.1) is 0 Å². The maximum atomic E-state index is 12.8. The molecule has 0 radical (unpaired) electrons. The van der Waals surface area contributed by atoms with Crippen molar-refractivity contribution in [3.8, 4) is 0 Å². The average molecular weight is 293 g/mol. The predicted octanol–water partition coefficient (Wildman–Crippen LogP) is 3.97. The first-order valence-electron chi connectivity index (χ1n) is 5.01. The van der Waals surface area contributed by atoms with Crippen LogP contribution < -0.4 is 0 Å². The highest BCUT2D eigenvalue weighted by Gasteiger charge is 2.31. The Morgan fingerprint density at radius 2 is 1.75 bits per heavy atom. The molecule has 1 aromatic rings. The minimum atomic E-state index is -2.81. The van der Waals surface area contributed by atoms with E-state index in [2.05, 4.69) is 15.9 Å². The van der Waals surface area contributed by atoms with Crippen LogP contribution in [0.1, 0.15) is 19.4 Å². The van der Waals surface area contributed by atoms with Crippen LogP contribution in [0.2, 0.25) is 0 Å². The lowest BCUT2D eigenvalue weighted by molar-refractivity contribution is -0.118. The molecule has 1 rings (SSSR count). The first-order chi connectivity index (χ1) is 7.37. The fourth-order valence-corrected chi connectivity index (χ4v) is 1.76. The Kier molecular flexibility index (Phi) is 4.44. The third-order valence-electron chi connectivity index (χ3n) is 2.28. The van der Waals surface area contributed by atoms with E-state index in [9.17, 15) is 8.78 Å². The van der Waals surface area contributed by atoms with E-state index in [0.29, 0.717) is 5.33 Å². The summed E-state index contributed by atoms with van der Waals surface area (Å²) in [5, 5.41) is 0.472. The molecule has 0 aliphatic rings. The molecule has 4 heteroatoms. The average Bonchev–Trinajstić information content (AvgIpc) is 2.26. The van der Waals surface area contributed by atoms with Crippen LogP contribution in [0, 0.1) is 0 Å². The quantitative estimate of drug-likeness (QED) is 0.746. The summed E-state index contributed by atoms with van der Waals surface area (Å²) in [6.45, 7) is 2.07. The molecular weight excluding hydrogens is 278 g/mol. The van der Waals surface area contributed by atoms with Gasteiger partial charge in [-0.3, -0.25) is 0 Å². The van der Waals surface area contributed by atoms with Crippen molar-refractivity contribution in [1.29, 1.82) is 0 Å². The van der Waals surface area contributed by atoms with Gasteiger partial charge in [0.15, 0.2) is 0 Å². The maximum absolute atomic E-state index is 12.8. The van der Waals surface area contributed by atoms with Gasteiger partial charge in [0.2, 0.25) is 0 Å². The van der Waals surface area contributed by atoms with Gasteiger partial charge in [0.1, 0.15) is 12.2 Å². The Balaban J connectivity index is 2.79. The minimum Gasteiger partial charge on any atom is -0.363 e. The van der Waals surface area contributed by atoms with Gasteiger partial charge in [-0.05, 0) is 12.5 Å². The Bertz CT molecular complexity index is 324. The van der Waals surface area contributed by atoms with Crippen molar-refractivity contribution in [2.24, 2.45) is 0 Å². The molecule has 0 aliphatic heterocycles. The van der Waals surface area contributed by atoms with E-state index in [-0.39, 0.29) is 0 Å². The topological polar surface area (TPSA) is 9.23 Å². The lowest BCUT2D eigenvalue weighted by atomic mass is 9.98. The fraction of sp³-hybridized carbons (Fsp3) is 0.500. The SMILES string of the molecule is CC(F)(F)COC(C)(CBr)c1ccccc1. The normalized spacial score (nSPS) is 15.8. The zero-order valence-electron chi connectivity index (χ0n) is 9.34. The van der Waals surface area contributed by atoms with Gasteiger partial charge in [0, 0.05) is 12.3 Å². The van der Waals surface area contributed by atoms with E-state index in [1.807, 2.05) is 30.3 Å². The summed E-state index contributed by atoms with van der Waals surface area (Å²) in [5.74, 6) is -2.81. The molecule has 1 aromatic carbocycles. The second-order valence-electron chi connectivity index (χ2n) is 4.09. The monoisotopic (exact) mass is 292 g/mol. The van der Waals surface area contributed by atoms with E-state index in [1.165, 1.54) is 0 Å². The highest BCUT2D eigenvalue weighted by molar-refractivity contribution is 9.09. The standard InChI is InChI=1S/C12H15BrF2O/c1-11(8-13,16-9-12(2,14)15)10-6-4-3-5-7-10/h3-7H,8-9H2,1-2H3. The maximum Gasteiger partial charge on any atom is 0.268 e. The number of halogens is 3. The molecule has 0 bridgehead atoms. The second-order valence-corrected chi connectivity index (χ2v) is 4.65. The van der Waals surface area contributed by atoms with Gasteiger partial charge in [-0.25, -0.2) is 8.78 Å². The molecule has 1 nitrogen and oxygen atoms in total. The summed E-state index contributed by atoms with van der Waals surface area (Å²) in [6, 6.07) is 9.35. The molecule has 0 spiro atoms. The molecule has 0 fully saturated rings. The lowest BCUT2D eigenvalue weighted by Gasteiger charge is -2.29. The van der Waals surface area contributed by atoms with Gasteiger partial charge in [-0.1, -0.05) is 46.3 Å². The number of rotatable bonds is 5. The number of benzene rings is 1. The van der Waals surface area contributed by atoms with E-state index in [0.717, 1.165) is 12.5 Å². The van der Waals surface area contributed by atoms with Crippen molar-refractivity contribution in [3.63, 3.8) is 0 Å². The van der Waals surface area contributed by atoms with Crippen LogP contribution in [0.5, 0.6) is 0 Å². The molecule has 1 unspecified atom stereocenters. The Hall–Kier alpha value is -0.480. The Morgan fingerprint density at radius 3 is 2.19 bits per heavy atom. The van der Waals surface area contributed by atoms with Crippen LogP contribution in [0.15, 0.2) is 30.3 Å². The molecule has 0 N–H and O–H groups in total. The molecular formula is C12H15BrF2O. The van der Waals surface area contributed by atoms with Gasteiger partial charge in [0.25, 0.3) is 5.92 Å². The van der Waals surface area contributed by atoms with Crippen LogP contribution in [-0.2, 0) is 10.3 Å². The summed E-state index contributed by atoms with van der Waals surface area (Å²) < 4.78 is 30.9. The summed E-state index contributed by atoms with van der Waals surface area (Å²) in [7, 11) is 0. The minimum absolute atomic E-state index is 0.472. The van der Waals surface area contributed by atoms with Crippen LogP contribution in [0.3, 0.4) is 0 Å². The van der Waals surface area contributed by atoms with E-state index >= 15 is 0 Å².